The number of amides is 2. The van der Waals surface area contributed by atoms with Crippen molar-refractivity contribution in [2.45, 2.75) is 19.6 Å². The van der Waals surface area contributed by atoms with E-state index >= 15 is 0 Å². The van der Waals surface area contributed by atoms with Crippen LogP contribution >= 0.6 is 0 Å². The molecule has 1 aromatic carbocycles. The van der Waals surface area contributed by atoms with E-state index in [2.05, 4.69) is 15.7 Å². The van der Waals surface area contributed by atoms with Crippen molar-refractivity contribution >= 4 is 17.8 Å². The van der Waals surface area contributed by atoms with Crippen LogP contribution in [0.25, 0.3) is 0 Å². The van der Waals surface area contributed by atoms with E-state index in [0.717, 1.165) is 5.56 Å². The van der Waals surface area contributed by atoms with E-state index in [-0.39, 0.29) is 12.5 Å². The van der Waals surface area contributed by atoms with E-state index < -0.39 is 12.1 Å². The summed E-state index contributed by atoms with van der Waals surface area (Å²) >= 11 is 0. The number of hydrogen-bond donors (Lipinski definition) is 2. The van der Waals surface area contributed by atoms with Crippen molar-refractivity contribution in [1.82, 2.24) is 15.1 Å². The Morgan fingerprint density at radius 2 is 2.00 bits per heavy atom. The SMILES string of the molecule is CC(NC(=O)OCc1ccccc1)C(=O)Nc1ccn(C)n1. The number of anilines is 1. The fourth-order valence-corrected chi connectivity index (χ4v) is 1.72. The van der Waals surface area contributed by atoms with Crippen LogP contribution in [-0.4, -0.2) is 27.8 Å². The van der Waals surface area contributed by atoms with Crippen molar-refractivity contribution < 1.29 is 14.3 Å². The molecule has 0 aliphatic rings. The number of rotatable bonds is 5. The summed E-state index contributed by atoms with van der Waals surface area (Å²) in [5, 5.41) is 9.10. The van der Waals surface area contributed by atoms with E-state index in [1.165, 1.54) is 0 Å². The lowest BCUT2D eigenvalue weighted by molar-refractivity contribution is -0.117. The fourth-order valence-electron chi connectivity index (χ4n) is 1.72. The van der Waals surface area contributed by atoms with E-state index in [0.29, 0.717) is 5.82 Å². The van der Waals surface area contributed by atoms with E-state index in [9.17, 15) is 9.59 Å². The number of carbonyl (C=O) groups is 2. The number of carbonyl (C=O) groups excluding carboxylic acids is 2. The second-order valence-corrected chi connectivity index (χ2v) is 4.79. The number of hydrogen-bond acceptors (Lipinski definition) is 4. The van der Waals surface area contributed by atoms with Crippen LogP contribution in [0.5, 0.6) is 0 Å². The third-order valence-corrected chi connectivity index (χ3v) is 2.91. The van der Waals surface area contributed by atoms with Crippen LogP contribution in [0.15, 0.2) is 42.6 Å². The Bertz CT molecular complexity index is 639. The number of benzene rings is 1. The zero-order valence-electron chi connectivity index (χ0n) is 12.4. The summed E-state index contributed by atoms with van der Waals surface area (Å²) in [6, 6.07) is 10.2. The predicted molar refractivity (Wildman–Crippen MR) is 81.1 cm³/mol. The van der Waals surface area contributed by atoms with E-state index in [1.807, 2.05) is 30.3 Å². The summed E-state index contributed by atoms with van der Waals surface area (Å²) in [6.07, 6.45) is 1.06. The van der Waals surface area contributed by atoms with Crippen LogP contribution in [0, 0.1) is 0 Å². The Morgan fingerprint density at radius 1 is 1.27 bits per heavy atom. The smallest absolute Gasteiger partial charge is 0.408 e. The minimum absolute atomic E-state index is 0.154. The topological polar surface area (TPSA) is 85.2 Å². The van der Waals surface area contributed by atoms with Gasteiger partial charge in [0.2, 0.25) is 5.91 Å². The Hall–Kier alpha value is -2.83. The number of nitrogens with zero attached hydrogens (tertiary/aromatic N) is 2. The van der Waals surface area contributed by atoms with Gasteiger partial charge in [-0.05, 0) is 12.5 Å². The minimum Gasteiger partial charge on any atom is -0.445 e. The molecule has 0 spiro atoms. The zero-order valence-corrected chi connectivity index (χ0v) is 12.4. The number of aryl methyl sites for hydroxylation is 1. The molecule has 0 aliphatic heterocycles. The van der Waals surface area contributed by atoms with Crippen LogP contribution in [0.4, 0.5) is 10.6 Å². The van der Waals surface area contributed by atoms with Gasteiger partial charge in [-0.25, -0.2) is 4.79 Å². The molecule has 0 fully saturated rings. The van der Waals surface area contributed by atoms with Gasteiger partial charge in [-0.1, -0.05) is 30.3 Å². The largest absolute Gasteiger partial charge is 0.445 e. The molecule has 0 radical (unpaired) electrons. The van der Waals surface area contributed by atoms with Crippen molar-refractivity contribution in [2.75, 3.05) is 5.32 Å². The van der Waals surface area contributed by atoms with Gasteiger partial charge in [0.05, 0.1) is 0 Å². The maximum Gasteiger partial charge on any atom is 0.408 e. The molecule has 1 unspecified atom stereocenters. The van der Waals surface area contributed by atoms with Gasteiger partial charge in [-0.2, -0.15) is 5.10 Å². The van der Waals surface area contributed by atoms with Gasteiger partial charge >= 0.3 is 6.09 Å². The van der Waals surface area contributed by atoms with Crippen LogP contribution in [0.1, 0.15) is 12.5 Å². The van der Waals surface area contributed by atoms with Crippen LogP contribution in [0.3, 0.4) is 0 Å². The number of nitrogens with one attached hydrogen (secondary N) is 2. The molecule has 2 aromatic rings. The molecule has 116 valence electrons. The summed E-state index contributed by atoms with van der Waals surface area (Å²) < 4.78 is 6.62. The molecular formula is C15H18N4O3. The first-order valence-corrected chi connectivity index (χ1v) is 6.82. The summed E-state index contributed by atoms with van der Waals surface area (Å²) in [6.45, 7) is 1.73. The summed E-state index contributed by atoms with van der Waals surface area (Å²) in [5.74, 6) is 0.0640. The van der Waals surface area contributed by atoms with Gasteiger partial charge in [0, 0.05) is 19.3 Å². The van der Waals surface area contributed by atoms with Crippen LogP contribution < -0.4 is 10.6 Å². The third-order valence-electron chi connectivity index (χ3n) is 2.91. The molecule has 1 atom stereocenters. The van der Waals surface area contributed by atoms with Crippen molar-refractivity contribution in [3.8, 4) is 0 Å². The Balaban J connectivity index is 1.76. The predicted octanol–water partition coefficient (Wildman–Crippen LogP) is 1.67. The minimum atomic E-state index is -0.731. The molecule has 7 nitrogen and oxygen atoms in total. The van der Waals surface area contributed by atoms with Crippen molar-refractivity contribution in [1.29, 1.82) is 0 Å². The highest BCUT2D eigenvalue weighted by Crippen LogP contribution is 2.03. The quantitative estimate of drug-likeness (QED) is 0.880. The highest BCUT2D eigenvalue weighted by molar-refractivity contribution is 5.95. The van der Waals surface area contributed by atoms with Gasteiger partial charge in [-0.15, -0.1) is 0 Å². The first kappa shape index (κ1) is 15.6. The standard InChI is InChI=1S/C15H18N4O3/c1-11(14(20)17-13-8-9-19(2)18-13)16-15(21)22-10-12-6-4-3-5-7-12/h3-9,11H,10H2,1-2H3,(H,16,21)(H,17,18,20). The Labute approximate surface area is 128 Å². The Kier molecular flexibility index (Phi) is 5.13. The monoisotopic (exact) mass is 302 g/mol. The molecule has 22 heavy (non-hydrogen) atoms. The summed E-state index contributed by atoms with van der Waals surface area (Å²) in [5.41, 5.74) is 0.878. The third kappa shape index (κ3) is 4.62. The number of alkyl carbamates (subject to hydrolysis) is 1. The number of ether oxygens (including phenoxy) is 1. The lowest BCUT2D eigenvalue weighted by Gasteiger charge is -2.13. The van der Waals surface area contributed by atoms with Gasteiger partial charge < -0.3 is 15.4 Å². The molecule has 0 saturated heterocycles. The van der Waals surface area contributed by atoms with Gasteiger partial charge in [0.25, 0.3) is 0 Å². The lowest BCUT2D eigenvalue weighted by atomic mass is 10.2. The van der Waals surface area contributed by atoms with Crippen LogP contribution in [0.2, 0.25) is 0 Å². The molecule has 0 aliphatic carbocycles. The first-order chi connectivity index (χ1) is 10.5. The molecular weight excluding hydrogens is 284 g/mol. The number of aromatic nitrogens is 2. The molecule has 2 amide bonds. The van der Waals surface area contributed by atoms with Crippen molar-refractivity contribution in [2.24, 2.45) is 7.05 Å². The fraction of sp³-hybridized carbons (Fsp3) is 0.267. The first-order valence-electron chi connectivity index (χ1n) is 6.82. The second-order valence-electron chi connectivity index (χ2n) is 4.79. The zero-order chi connectivity index (χ0) is 15.9. The normalized spacial score (nSPS) is 11.5. The molecule has 1 heterocycles. The highest BCUT2D eigenvalue weighted by Gasteiger charge is 2.17. The average molecular weight is 302 g/mol. The lowest BCUT2D eigenvalue weighted by Crippen LogP contribution is -2.41. The molecule has 1 aromatic heterocycles. The van der Waals surface area contributed by atoms with Crippen molar-refractivity contribution in [3.05, 3.63) is 48.2 Å². The van der Waals surface area contributed by atoms with Gasteiger partial charge in [-0.3, -0.25) is 9.48 Å². The molecule has 2 rings (SSSR count). The summed E-state index contributed by atoms with van der Waals surface area (Å²) in [4.78, 5) is 23.6. The molecule has 7 heteroatoms. The summed E-state index contributed by atoms with van der Waals surface area (Å²) in [7, 11) is 1.75. The van der Waals surface area contributed by atoms with E-state index in [4.69, 9.17) is 4.74 Å². The maximum absolute atomic E-state index is 11.9. The maximum atomic E-state index is 11.9. The average Bonchev–Trinajstić information content (AvgIpc) is 2.91. The Morgan fingerprint density at radius 3 is 2.64 bits per heavy atom. The highest BCUT2D eigenvalue weighted by atomic mass is 16.5. The molecule has 2 N–H and O–H groups in total. The molecule has 0 bridgehead atoms. The second kappa shape index (κ2) is 7.26. The van der Waals surface area contributed by atoms with Gasteiger partial charge in [0.1, 0.15) is 12.6 Å². The van der Waals surface area contributed by atoms with Crippen molar-refractivity contribution in [3.63, 3.8) is 0 Å². The van der Waals surface area contributed by atoms with Gasteiger partial charge in [0.15, 0.2) is 5.82 Å². The van der Waals surface area contributed by atoms with E-state index in [1.54, 1.807) is 30.9 Å². The van der Waals surface area contributed by atoms with Crippen LogP contribution in [-0.2, 0) is 23.2 Å². The molecule has 0 saturated carbocycles.